The minimum Gasteiger partial charge on any atom is -0.385 e. The molecule has 0 radical (unpaired) electrons. The van der Waals surface area contributed by atoms with Crippen LogP contribution in [-0.4, -0.2) is 83.3 Å². The van der Waals surface area contributed by atoms with Gasteiger partial charge < -0.3 is 30.5 Å². The van der Waals surface area contributed by atoms with Gasteiger partial charge in [-0.15, -0.1) is 0 Å². The Morgan fingerprint density at radius 2 is 2.07 bits per heavy atom. The van der Waals surface area contributed by atoms with Crippen molar-refractivity contribution in [1.29, 1.82) is 0 Å². The number of piperazine rings is 1. The minimum absolute atomic E-state index is 0.0793. The molecule has 0 aliphatic carbocycles. The van der Waals surface area contributed by atoms with E-state index >= 15 is 0 Å². The van der Waals surface area contributed by atoms with Crippen LogP contribution in [0.2, 0.25) is 0 Å². The van der Waals surface area contributed by atoms with Gasteiger partial charge in [0, 0.05) is 58.7 Å². The molecule has 0 unspecified atom stereocenters. The number of carbonyl (C=O) groups is 1. The Morgan fingerprint density at radius 3 is 2.76 bits per heavy atom. The lowest BCUT2D eigenvalue weighted by Crippen LogP contribution is -2.47. The van der Waals surface area contributed by atoms with Crippen molar-refractivity contribution >= 4 is 17.6 Å². The van der Waals surface area contributed by atoms with Gasteiger partial charge >= 0.3 is 0 Å². The molecular formula is C21H36N6O2. The van der Waals surface area contributed by atoms with Gasteiger partial charge in [0.05, 0.1) is 13.1 Å². The van der Waals surface area contributed by atoms with E-state index in [2.05, 4.69) is 69.0 Å². The van der Waals surface area contributed by atoms with E-state index in [4.69, 9.17) is 4.74 Å². The normalized spacial score (nSPS) is 14.8. The summed E-state index contributed by atoms with van der Waals surface area (Å²) in [7, 11) is 3.86. The van der Waals surface area contributed by atoms with Gasteiger partial charge in [0.1, 0.15) is 0 Å². The van der Waals surface area contributed by atoms with Crippen molar-refractivity contribution in [2.45, 2.75) is 19.9 Å². The first-order chi connectivity index (χ1) is 14.1. The van der Waals surface area contributed by atoms with Crippen LogP contribution < -0.4 is 20.9 Å². The van der Waals surface area contributed by atoms with Crippen molar-refractivity contribution in [2.24, 2.45) is 4.99 Å². The van der Waals surface area contributed by atoms with Crippen molar-refractivity contribution in [1.82, 2.24) is 20.9 Å². The van der Waals surface area contributed by atoms with Crippen LogP contribution in [0, 0.1) is 0 Å². The van der Waals surface area contributed by atoms with Crippen molar-refractivity contribution in [2.75, 3.05) is 71.5 Å². The summed E-state index contributed by atoms with van der Waals surface area (Å²) in [6.07, 6.45) is 1.04. The SMILES string of the molecule is CCNC(=NCc1ccc(N2CCNC(=O)C2)cc1)NCCN(C)CCCOC. The smallest absolute Gasteiger partial charge is 0.239 e. The summed E-state index contributed by atoms with van der Waals surface area (Å²) in [6, 6.07) is 8.30. The number of hydrogen-bond donors (Lipinski definition) is 3. The first-order valence-corrected chi connectivity index (χ1v) is 10.4. The predicted molar refractivity (Wildman–Crippen MR) is 118 cm³/mol. The summed E-state index contributed by atoms with van der Waals surface area (Å²) in [4.78, 5) is 20.6. The average molecular weight is 405 g/mol. The molecular weight excluding hydrogens is 368 g/mol. The third kappa shape index (κ3) is 8.70. The molecule has 29 heavy (non-hydrogen) atoms. The summed E-state index contributed by atoms with van der Waals surface area (Å²) in [5, 5.41) is 9.54. The lowest BCUT2D eigenvalue weighted by molar-refractivity contribution is -0.120. The van der Waals surface area contributed by atoms with Crippen molar-refractivity contribution in [3.05, 3.63) is 29.8 Å². The Bertz CT molecular complexity index is 635. The number of methoxy groups -OCH3 is 1. The number of benzene rings is 1. The van der Waals surface area contributed by atoms with Crippen molar-refractivity contribution in [3.8, 4) is 0 Å². The Balaban J connectivity index is 1.80. The lowest BCUT2D eigenvalue weighted by Gasteiger charge is -2.28. The highest BCUT2D eigenvalue weighted by molar-refractivity contribution is 5.82. The van der Waals surface area contributed by atoms with Crippen LogP contribution in [-0.2, 0) is 16.1 Å². The van der Waals surface area contributed by atoms with Gasteiger partial charge in [-0.05, 0) is 38.1 Å². The van der Waals surface area contributed by atoms with Crippen LogP contribution in [0.3, 0.4) is 0 Å². The summed E-state index contributed by atoms with van der Waals surface area (Å²) in [5.74, 6) is 0.908. The first-order valence-electron chi connectivity index (χ1n) is 10.4. The molecule has 1 heterocycles. The fourth-order valence-electron chi connectivity index (χ4n) is 3.14. The van der Waals surface area contributed by atoms with Gasteiger partial charge in [-0.3, -0.25) is 4.79 Å². The van der Waals surface area contributed by atoms with Gasteiger partial charge in [-0.2, -0.15) is 0 Å². The maximum absolute atomic E-state index is 11.6. The number of ether oxygens (including phenoxy) is 1. The zero-order valence-electron chi connectivity index (χ0n) is 18.0. The van der Waals surface area contributed by atoms with E-state index < -0.39 is 0 Å². The molecule has 162 valence electrons. The molecule has 1 fully saturated rings. The number of nitrogens with zero attached hydrogens (tertiary/aromatic N) is 3. The second-order valence-corrected chi connectivity index (χ2v) is 7.21. The van der Waals surface area contributed by atoms with E-state index in [9.17, 15) is 4.79 Å². The molecule has 1 aromatic rings. The number of amides is 1. The Kier molecular flexibility index (Phi) is 10.3. The van der Waals surface area contributed by atoms with E-state index in [-0.39, 0.29) is 5.91 Å². The molecule has 0 spiro atoms. The summed E-state index contributed by atoms with van der Waals surface area (Å²) >= 11 is 0. The van der Waals surface area contributed by atoms with Crippen LogP contribution in [0.5, 0.6) is 0 Å². The first kappa shape index (κ1) is 23.0. The van der Waals surface area contributed by atoms with E-state index in [1.165, 1.54) is 0 Å². The average Bonchev–Trinajstić information content (AvgIpc) is 2.72. The standard InChI is InChI=1S/C21H36N6O2/c1-4-22-21(24-10-13-26(2)12-5-15-29-3)25-16-18-6-8-19(9-7-18)27-14-11-23-20(28)17-27/h6-9H,4-5,10-17H2,1-3H3,(H,23,28)(H2,22,24,25). The number of hydrogen-bond acceptors (Lipinski definition) is 5. The second kappa shape index (κ2) is 13.0. The fraction of sp³-hybridized carbons (Fsp3) is 0.619. The zero-order valence-corrected chi connectivity index (χ0v) is 18.0. The Morgan fingerprint density at radius 1 is 1.28 bits per heavy atom. The molecule has 1 aliphatic rings. The summed E-state index contributed by atoms with van der Waals surface area (Å²) < 4.78 is 5.10. The van der Waals surface area contributed by atoms with Gasteiger partial charge in [-0.1, -0.05) is 12.1 Å². The quantitative estimate of drug-likeness (QED) is 0.285. The number of rotatable bonds is 11. The molecule has 0 aromatic heterocycles. The molecule has 1 saturated heterocycles. The highest BCUT2D eigenvalue weighted by Gasteiger charge is 2.16. The molecule has 1 aliphatic heterocycles. The molecule has 0 bridgehead atoms. The monoisotopic (exact) mass is 404 g/mol. The molecule has 0 saturated carbocycles. The van der Waals surface area contributed by atoms with Gasteiger partial charge in [0.25, 0.3) is 0 Å². The number of aliphatic imine (C=N–C) groups is 1. The Labute approximate surface area is 174 Å². The fourth-order valence-corrected chi connectivity index (χ4v) is 3.14. The highest BCUT2D eigenvalue weighted by Crippen LogP contribution is 2.16. The molecule has 0 atom stereocenters. The van der Waals surface area contributed by atoms with Crippen LogP contribution in [0.15, 0.2) is 29.3 Å². The van der Waals surface area contributed by atoms with Crippen molar-refractivity contribution in [3.63, 3.8) is 0 Å². The molecule has 8 heteroatoms. The lowest BCUT2D eigenvalue weighted by atomic mass is 10.2. The number of likely N-dealkylation sites (N-methyl/N-ethyl adjacent to an activating group) is 1. The molecule has 8 nitrogen and oxygen atoms in total. The van der Waals surface area contributed by atoms with E-state index in [0.717, 1.165) is 63.0 Å². The molecule has 2 rings (SSSR count). The number of carbonyl (C=O) groups excluding carboxylic acids is 1. The highest BCUT2D eigenvalue weighted by atomic mass is 16.5. The number of nitrogens with one attached hydrogen (secondary N) is 3. The predicted octanol–water partition coefficient (Wildman–Crippen LogP) is 0.646. The maximum Gasteiger partial charge on any atom is 0.239 e. The van der Waals surface area contributed by atoms with E-state index in [1.807, 2.05) is 0 Å². The van der Waals surface area contributed by atoms with Gasteiger partial charge in [0.15, 0.2) is 5.96 Å². The van der Waals surface area contributed by atoms with Crippen LogP contribution in [0.4, 0.5) is 5.69 Å². The third-order valence-corrected chi connectivity index (χ3v) is 4.78. The topological polar surface area (TPSA) is 81.2 Å². The summed E-state index contributed by atoms with van der Waals surface area (Å²) in [6.45, 7) is 9.08. The Hall–Kier alpha value is -2.32. The zero-order chi connectivity index (χ0) is 20.9. The molecule has 1 amide bonds. The second-order valence-electron chi connectivity index (χ2n) is 7.21. The summed E-state index contributed by atoms with van der Waals surface area (Å²) in [5.41, 5.74) is 2.22. The number of guanidine groups is 1. The number of anilines is 1. The van der Waals surface area contributed by atoms with E-state index in [0.29, 0.717) is 19.6 Å². The third-order valence-electron chi connectivity index (χ3n) is 4.78. The van der Waals surface area contributed by atoms with Crippen molar-refractivity contribution < 1.29 is 9.53 Å². The maximum atomic E-state index is 11.6. The molecule has 1 aromatic carbocycles. The molecule has 3 N–H and O–H groups in total. The minimum atomic E-state index is 0.0793. The van der Waals surface area contributed by atoms with Crippen LogP contribution >= 0.6 is 0 Å². The van der Waals surface area contributed by atoms with Gasteiger partial charge in [-0.25, -0.2) is 4.99 Å². The van der Waals surface area contributed by atoms with Gasteiger partial charge in [0.2, 0.25) is 5.91 Å². The van der Waals surface area contributed by atoms with Crippen LogP contribution in [0.25, 0.3) is 0 Å². The van der Waals surface area contributed by atoms with E-state index in [1.54, 1.807) is 7.11 Å². The largest absolute Gasteiger partial charge is 0.385 e. The van der Waals surface area contributed by atoms with Crippen LogP contribution in [0.1, 0.15) is 18.9 Å².